The van der Waals surface area contributed by atoms with E-state index in [1.807, 2.05) is 0 Å². The van der Waals surface area contributed by atoms with Gasteiger partial charge in [0.05, 0.1) is 6.42 Å². The maximum atomic E-state index is 11.9. The third-order valence-corrected chi connectivity index (χ3v) is 1.93. The molecule has 0 radical (unpaired) electrons. The van der Waals surface area contributed by atoms with Crippen LogP contribution in [-0.2, 0) is 0 Å². The summed E-state index contributed by atoms with van der Waals surface area (Å²) in [6.07, 6.45) is -5.07. The van der Waals surface area contributed by atoms with Gasteiger partial charge in [-0.2, -0.15) is 13.2 Å². The van der Waals surface area contributed by atoms with Gasteiger partial charge in [-0.05, 0) is 6.92 Å². The first kappa shape index (κ1) is 14.0. The summed E-state index contributed by atoms with van der Waals surface area (Å²) in [6.45, 7) is 3.34. The van der Waals surface area contributed by atoms with Crippen LogP contribution in [0.25, 0.3) is 0 Å². The van der Waals surface area contributed by atoms with Gasteiger partial charge < -0.3 is 16.3 Å². The molecule has 0 aromatic heterocycles. The third kappa shape index (κ3) is 7.01. The Labute approximate surface area is 86.3 Å². The lowest BCUT2D eigenvalue weighted by Crippen LogP contribution is -2.37. The van der Waals surface area contributed by atoms with Crippen molar-refractivity contribution < 1.29 is 18.4 Å². The lowest BCUT2D eigenvalue weighted by molar-refractivity contribution is -0.139. The SMILES string of the molecule is CC(CC(F)(F)F)NCC(C)C(N)=NO. The first-order valence-corrected chi connectivity index (χ1v) is 4.53. The van der Waals surface area contributed by atoms with Crippen LogP contribution in [0.3, 0.4) is 0 Å². The molecule has 0 aromatic rings. The van der Waals surface area contributed by atoms with Gasteiger partial charge in [-0.3, -0.25) is 0 Å². The third-order valence-electron chi connectivity index (χ3n) is 1.93. The van der Waals surface area contributed by atoms with E-state index in [9.17, 15) is 13.2 Å². The molecule has 2 atom stereocenters. The molecule has 0 saturated carbocycles. The van der Waals surface area contributed by atoms with E-state index in [0.29, 0.717) is 0 Å². The van der Waals surface area contributed by atoms with Crippen LogP contribution in [0.5, 0.6) is 0 Å². The second-order valence-corrected chi connectivity index (χ2v) is 3.55. The van der Waals surface area contributed by atoms with Crippen molar-refractivity contribution in [2.45, 2.75) is 32.5 Å². The minimum Gasteiger partial charge on any atom is -0.409 e. The number of alkyl halides is 3. The Kier molecular flexibility index (Phi) is 5.41. The minimum absolute atomic E-state index is 0.00158. The van der Waals surface area contributed by atoms with Crippen molar-refractivity contribution in [2.24, 2.45) is 16.8 Å². The zero-order valence-electron chi connectivity index (χ0n) is 8.67. The van der Waals surface area contributed by atoms with Crippen LogP contribution in [0.1, 0.15) is 20.3 Å². The van der Waals surface area contributed by atoms with E-state index in [0.717, 1.165) is 0 Å². The van der Waals surface area contributed by atoms with E-state index in [1.165, 1.54) is 6.92 Å². The van der Waals surface area contributed by atoms with Gasteiger partial charge in [0.15, 0.2) is 0 Å². The summed E-state index contributed by atoms with van der Waals surface area (Å²) in [5, 5.41) is 13.7. The van der Waals surface area contributed by atoms with Gasteiger partial charge in [0.2, 0.25) is 0 Å². The highest BCUT2D eigenvalue weighted by Gasteiger charge is 2.29. The summed E-state index contributed by atoms with van der Waals surface area (Å²) in [5.74, 6) is -0.299. The fraction of sp³-hybridized carbons (Fsp3) is 0.875. The van der Waals surface area contributed by atoms with E-state index in [2.05, 4.69) is 10.5 Å². The van der Waals surface area contributed by atoms with Crippen molar-refractivity contribution in [3.63, 3.8) is 0 Å². The van der Waals surface area contributed by atoms with Crippen molar-refractivity contribution in [1.82, 2.24) is 5.32 Å². The van der Waals surface area contributed by atoms with Gasteiger partial charge in [0.25, 0.3) is 0 Å². The minimum atomic E-state index is -4.17. The molecule has 0 aromatic carbocycles. The summed E-state index contributed by atoms with van der Waals surface area (Å²) in [5.41, 5.74) is 5.27. The normalized spacial score (nSPS) is 17.5. The lowest BCUT2D eigenvalue weighted by Gasteiger charge is -2.18. The van der Waals surface area contributed by atoms with Gasteiger partial charge in [0.1, 0.15) is 5.84 Å². The molecular weight excluding hydrogens is 211 g/mol. The van der Waals surface area contributed by atoms with Gasteiger partial charge in [-0.25, -0.2) is 0 Å². The van der Waals surface area contributed by atoms with E-state index in [4.69, 9.17) is 10.9 Å². The van der Waals surface area contributed by atoms with Crippen LogP contribution < -0.4 is 11.1 Å². The number of nitrogens with two attached hydrogens (primary N) is 1. The highest BCUT2D eigenvalue weighted by molar-refractivity contribution is 5.82. The molecule has 0 saturated heterocycles. The number of rotatable bonds is 5. The van der Waals surface area contributed by atoms with E-state index in [-0.39, 0.29) is 18.3 Å². The zero-order valence-corrected chi connectivity index (χ0v) is 8.67. The lowest BCUT2D eigenvalue weighted by atomic mass is 10.1. The molecule has 90 valence electrons. The molecule has 0 spiro atoms. The Morgan fingerprint density at radius 3 is 2.40 bits per heavy atom. The zero-order chi connectivity index (χ0) is 12.1. The first-order valence-electron chi connectivity index (χ1n) is 4.53. The smallest absolute Gasteiger partial charge is 0.390 e. The van der Waals surface area contributed by atoms with Crippen LogP contribution in [0, 0.1) is 5.92 Å². The summed E-state index contributed by atoms with van der Waals surface area (Å²) in [6, 6.07) is -0.682. The number of hydrogen-bond acceptors (Lipinski definition) is 3. The molecule has 7 heteroatoms. The number of nitrogens with one attached hydrogen (secondary N) is 1. The molecule has 0 heterocycles. The summed E-state index contributed by atoms with van der Waals surface area (Å²) < 4.78 is 35.8. The summed E-state index contributed by atoms with van der Waals surface area (Å²) in [7, 11) is 0. The number of nitrogens with zero attached hydrogens (tertiary/aromatic N) is 1. The fourth-order valence-corrected chi connectivity index (χ4v) is 1.00. The standard InChI is InChI=1S/C8H16F3N3O/c1-5(7(12)14-15)4-13-6(2)3-8(9,10)11/h5-6,13,15H,3-4H2,1-2H3,(H2,12,14). The average Bonchev–Trinajstić information content (AvgIpc) is 2.10. The molecule has 4 nitrogen and oxygen atoms in total. The Hall–Kier alpha value is -0.980. The van der Waals surface area contributed by atoms with Gasteiger partial charge >= 0.3 is 6.18 Å². The summed E-state index contributed by atoms with van der Waals surface area (Å²) >= 11 is 0. The molecule has 2 unspecified atom stereocenters. The predicted molar refractivity (Wildman–Crippen MR) is 50.7 cm³/mol. The maximum Gasteiger partial charge on any atom is 0.390 e. The maximum absolute atomic E-state index is 11.9. The molecule has 0 bridgehead atoms. The number of oxime groups is 1. The van der Waals surface area contributed by atoms with Crippen molar-refractivity contribution in [3.8, 4) is 0 Å². The number of amidine groups is 1. The Bertz CT molecular complexity index is 218. The highest BCUT2D eigenvalue weighted by atomic mass is 19.4. The quantitative estimate of drug-likeness (QED) is 0.287. The van der Waals surface area contributed by atoms with Crippen LogP contribution in [-0.4, -0.2) is 29.8 Å². The van der Waals surface area contributed by atoms with E-state index in [1.54, 1.807) is 6.92 Å². The van der Waals surface area contributed by atoms with Crippen molar-refractivity contribution in [3.05, 3.63) is 0 Å². The topological polar surface area (TPSA) is 70.6 Å². The number of halogens is 3. The summed E-state index contributed by atoms with van der Waals surface area (Å²) in [4.78, 5) is 0. The molecule has 0 aliphatic rings. The predicted octanol–water partition coefficient (Wildman–Crippen LogP) is 1.30. The second-order valence-electron chi connectivity index (χ2n) is 3.55. The molecular formula is C8H16F3N3O. The molecule has 0 aliphatic heterocycles. The van der Waals surface area contributed by atoms with Crippen molar-refractivity contribution >= 4 is 5.84 Å². The van der Waals surface area contributed by atoms with Gasteiger partial charge in [-0.1, -0.05) is 12.1 Å². The Morgan fingerprint density at radius 2 is 2.00 bits per heavy atom. The fourth-order valence-electron chi connectivity index (χ4n) is 1.00. The van der Waals surface area contributed by atoms with Crippen molar-refractivity contribution in [2.75, 3.05) is 6.54 Å². The monoisotopic (exact) mass is 227 g/mol. The Balaban J connectivity index is 3.86. The number of hydrogen-bond donors (Lipinski definition) is 3. The van der Waals surface area contributed by atoms with E-state index >= 15 is 0 Å². The largest absolute Gasteiger partial charge is 0.409 e. The van der Waals surface area contributed by atoms with Crippen LogP contribution >= 0.6 is 0 Å². The molecule has 0 rings (SSSR count). The van der Waals surface area contributed by atoms with E-state index < -0.39 is 18.6 Å². The van der Waals surface area contributed by atoms with Crippen LogP contribution in [0.4, 0.5) is 13.2 Å². The molecule has 0 amide bonds. The second kappa shape index (κ2) is 5.79. The Morgan fingerprint density at radius 1 is 1.47 bits per heavy atom. The molecule has 0 aliphatic carbocycles. The van der Waals surface area contributed by atoms with Crippen LogP contribution in [0.2, 0.25) is 0 Å². The van der Waals surface area contributed by atoms with Crippen LogP contribution in [0.15, 0.2) is 5.16 Å². The average molecular weight is 227 g/mol. The molecule has 0 fully saturated rings. The highest BCUT2D eigenvalue weighted by Crippen LogP contribution is 2.21. The molecule has 4 N–H and O–H groups in total. The molecule has 15 heavy (non-hydrogen) atoms. The van der Waals surface area contributed by atoms with Crippen molar-refractivity contribution in [1.29, 1.82) is 0 Å². The van der Waals surface area contributed by atoms with Gasteiger partial charge in [0, 0.05) is 18.5 Å². The van der Waals surface area contributed by atoms with Gasteiger partial charge in [-0.15, -0.1) is 0 Å². The first-order chi connectivity index (χ1) is 6.76.